The van der Waals surface area contributed by atoms with Gasteiger partial charge in [-0.15, -0.1) is 0 Å². The smallest absolute Gasteiger partial charge is 0.0724 e. The third-order valence-corrected chi connectivity index (χ3v) is 2.94. The molecular weight excluding hydrogens is 200 g/mol. The zero-order valence-corrected chi connectivity index (χ0v) is 9.87. The lowest BCUT2D eigenvalue weighted by Crippen LogP contribution is -2.41. The van der Waals surface area contributed by atoms with Crippen LogP contribution in [-0.2, 0) is 6.54 Å². The van der Waals surface area contributed by atoms with Gasteiger partial charge in [0.05, 0.1) is 11.4 Å². The second-order valence-electron chi connectivity index (χ2n) is 4.43. The van der Waals surface area contributed by atoms with Crippen molar-refractivity contribution in [1.82, 2.24) is 20.6 Å². The molecule has 2 N–H and O–H groups in total. The Balaban J connectivity index is 1.69. The first-order valence-electron chi connectivity index (χ1n) is 6.06. The van der Waals surface area contributed by atoms with Gasteiger partial charge in [0, 0.05) is 31.5 Å². The molecule has 1 fully saturated rings. The number of piperidine rings is 1. The van der Waals surface area contributed by atoms with Crippen LogP contribution in [0.1, 0.15) is 30.7 Å². The fraction of sp³-hybridized carbons (Fsp3) is 0.667. The second kappa shape index (κ2) is 5.92. The van der Waals surface area contributed by atoms with Crippen molar-refractivity contribution in [3.05, 3.63) is 23.8 Å². The van der Waals surface area contributed by atoms with Crippen molar-refractivity contribution in [1.29, 1.82) is 0 Å². The Labute approximate surface area is 96.9 Å². The Hall–Kier alpha value is -1.00. The Bertz CT molecular complexity index is 303. The first kappa shape index (κ1) is 11.5. The van der Waals surface area contributed by atoms with Crippen LogP contribution in [0, 0.1) is 6.92 Å². The van der Waals surface area contributed by atoms with Gasteiger partial charge in [0.2, 0.25) is 0 Å². The van der Waals surface area contributed by atoms with E-state index in [0.717, 1.165) is 31.0 Å². The van der Waals surface area contributed by atoms with Gasteiger partial charge in [-0.2, -0.15) is 0 Å². The minimum Gasteiger partial charge on any atom is -0.313 e. The summed E-state index contributed by atoms with van der Waals surface area (Å²) < 4.78 is 0. The van der Waals surface area contributed by atoms with Crippen molar-refractivity contribution in [2.75, 3.05) is 13.1 Å². The van der Waals surface area contributed by atoms with Gasteiger partial charge < -0.3 is 10.6 Å². The van der Waals surface area contributed by atoms with Gasteiger partial charge in [-0.05, 0) is 26.3 Å². The average Bonchev–Trinajstić information content (AvgIpc) is 2.33. The van der Waals surface area contributed by atoms with E-state index in [1.165, 1.54) is 19.3 Å². The van der Waals surface area contributed by atoms with E-state index in [9.17, 15) is 0 Å². The lowest BCUT2D eigenvalue weighted by Gasteiger charge is -2.23. The predicted molar refractivity (Wildman–Crippen MR) is 64.1 cm³/mol. The number of aromatic nitrogens is 2. The van der Waals surface area contributed by atoms with Crippen molar-refractivity contribution >= 4 is 0 Å². The third-order valence-electron chi connectivity index (χ3n) is 2.94. The summed E-state index contributed by atoms with van der Waals surface area (Å²) in [6.07, 6.45) is 7.61. The Kier molecular flexibility index (Phi) is 4.25. The molecule has 1 aliphatic rings. The highest BCUT2D eigenvalue weighted by molar-refractivity contribution is 5.00. The van der Waals surface area contributed by atoms with E-state index in [1.54, 1.807) is 0 Å². The van der Waals surface area contributed by atoms with Crippen LogP contribution in [0.2, 0.25) is 0 Å². The average molecular weight is 220 g/mol. The molecule has 0 aliphatic carbocycles. The van der Waals surface area contributed by atoms with E-state index in [0.29, 0.717) is 6.04 Å². The van der Waals surface area contributed by atoms with Gasteiger partial charge in [-0.1, -0.05) is 6.42 Å². The summed E-state index contributed by atoms with van der Waals surface area (Å²) in [5.74, 6) is 0. The standard InChI is InChI=1S/C12H20N4/c1-10-6-16-12(9-15-10)8-13-7-11-4-2-3-5-14-11/h6,9,11,13-14H,2-5,7-8H2,1H3. The van der Waals surface area contributed by atoms with E-state index in [-0.39, 0.29) is 0 Å². The number of aryl methyl sites for hydroxylation is 1. The normalized spacial score (nSPS) is 20.9. The van der Waals surface area contributed by atoms with E-state index in [1.807, 2.05) is 19.3 Å². The number of rotatable bonds is 4. The molecule has 1 aromatic heterocycles. The van der Waals surface area contributed by atoms with Crippen molar-refractivity contribution in [3.63, 3.8) is 0 Å². The molecule has 0 saturated carbocycles. The Morgan fingerprint density at radius 3 is 3.00 bits per heavy atom. The van der Waals surface area contributed by atoms with E-state index in [2.05, 4.69) is 20.6 Å². The number of hydrogen-bond donors (Lipinski definition) is 2. The molecule has 1 saturated heterocycles. The summed E-state index contributed by atoms with van der Waals surface area (Å²) in [4.78, 5) is 8.54. The lowest BCUT2D eigenvalue weighted by molar-refractivity contribution is 0.382. The maximum atomic E-state index is 4.32. The maximum absolute atomic E-state index is 4.32. The molecule has 88 valence electrons. The van der Waals surface area contributed by atoms with Crippen LogP contribution in [-0.4, -0.2) is 29.1 Å². The van der Waals surface area contributed by atoms with Gasteiger partial charge in [-0.25, -0.2) is 0 Å². The summed E-state index contributed by atoms with van der Waals surface area (Å²) in [7, 11) is 0. The number of nitrogens with one attached hydrogen (secondary N) is 2. The van der Waals surface area contributed by atoms with Crippen LogP contribution < -0.4 is 10.6 Å². The van der Waals surface area contributed by atoms with Crippen molar-refractivity contribution in [2.45, 2.75) is 38.8 Å². The Morgan fingerprint density at radius 1 is 1.38 bits per heavy atom. The van der Waals surface area contributed by atoms with Crippen LogP contribution in [0.5, 0.6) is 0 Å². The van der Waals surface area contributed by atoms with Gasteiger partial charge >= 0.3 is 0 Å². The maximum Gasteiger partial charge on any atom is 0.0724 e. The molecule has 1 atom stereocenters. The van der Waals surface area contributed by atoms with Gasteiger partial charge in [0.25, 0.3) is 0 Å². The van der Waals surface area contributed by atoms with Crippen LogP contribution in [0.15, 0.2) is 12.4 Å². The predicted octanol–water partition coefficient (Wildman–Crippen LogP) is 1.02. The first-order chi connectivity index (χ1) is 7.84. The molecule has 1 aromatic rings. The Morgan fingerprint density at radius 2 is 2.31 bits per heavy atom. The van der Waals surface area contributed by atoms with Crippen molar-refractivity contribution < 1.29 is 0 Å². The molecule has 1 aliphatic heterocycles. The van der Waals surface area contributed by atoms with Crippen LogP contribution in [0.4, 0.5) is 0 Å². The third kappa shape index (κ3) is 3.54. The van der Waals surface area contributed by atoms with E-state index in [4.69, 9.17) is 0 Å². The van der Waals surface area contributed by atoms with E-state index < -0.39 is 0 Å². The van der Waals surface area contributed by atoms with E-state index >= 15 is 0 Å². The highest BCUT2D eigenvalue weighted by atomic mass is 15.0. The molecule has 4 heteroatoms. The number of hydrogen-bond acceptors (Lipinski definition) is 4. The zero-order valence-electron chi connectivity index (χ0n) is 9.87. The van der Waals surface area contributed by atoms with Crippen molar-refractivity contribution in [3.8, 4) is 0 Å². The minimum absolute atomic E-state index is 0.632. The fourth-order valence-corrected chi connectivity index (χ4v) is 1.98. The molecule has 0 aromatic carbocycles. The molecule has 2 heterocycles. The number of nitrogens with zero attached hydrogens (tertiary/aromatic N) is 2. The summed E-state index contributed by atoms with van der Waals surface area (Å²) in [6, 6.07) is 0.632. The molecule has 2 rings (SSSR count). The minimum atomic E-state index is 0.632. The van der Waals surface area contributed by atoms with Gasteiger partial charge in [-0.3, -0.25) is 9.97 Å². The summed E-state index contributed by atoms with van der Waals surface area (Å²) in [5.41, 5.74) is 1.99. The SMILES string of the molecule is Cc1cnc(CNCC2CCCCN2)cn1. The molecule has 1 unspecified atom stereocenters. The molecule has 0 amide bonds. The van der Waals surface area contributed by atoms with Crippen LogP contribution in [0.25, 0.3) is 0 Å². The monoisotopic (exact) mass is 220 g/mol. The molecule has 0 radical (unpaired) electrons. The highest BCUT2D eigenvalue weighted by Crippen LogP contribution is 2.05. The molecule has 0 spiro atoms. The van der Waals surface area contributed by atoms with Crippen molar-refractivity contribution in [2.24, 2.45) is 0 Å². The van der Waals surface area contributed by atoms with Crippen LogP contribution in [0.3, 0.4) is 0 Å². The molecule has 4 nitrogen and oxygen atoms in total. The van der Waals surface area contributed by atoms with Gasteiger partial charge in [0.1, 0.15) is 0 Å². The molecule has 0 bridgehead atoms. The summed E-state index contributed by atoms with van der Waals surface area (Å²) >= 11 is 0. The quantitative estimate of drug-likeness (QED) is 0.795. The first-order valence-corrected chi connectivity index (χ1v) is 6.06. The highest BCUT2D eigenvalue weighted by Gasteiger charge is 2.11. The zero-order chi connectivity index (χ0) is 11.2. The van der Waals surface area contributed by atoms with Gasteiger partial charge in [0.15, 0.2) is 0 Å². The van der Waals surface area contributed by atoms with Crippen LogP contribution >= 0.6 is 0 Å². The molecule has 16 heavy (non-hydrogen) atoms. The molecular formula is C12H20N4. The summed E-state index contributed by atoms with van der Waals surface area (Å²) in [6.45, 7) is 4.95. The topological polar surface area (TPSA) is 49.8 Å². The summed E-state index contributed by atoms with van der Waals surface area (Å²) in [5, 5.41) is 6.94. The lowest BCUT2D eigenvalue weighted by atomic mass is 10.1. The largest absolute Gasteiger partial charge is 0.313 e. The fourth-order valence-electron chi connectivity index (χ4n) is 1.98. The second-order valence-corrected chi connectivity index (χ2v) is 4.43.